The van der Waals surface area contributed by atoms with Gasteiger partial charge < -0.3 is 4.74 Å². The molecule has 3 atom stereocenters. The molecule has 82 valence electrons. The Balaban J connectivity index is 2.33. The summed E-state index contributed by atoms with van der Waals surface area (Å²) in [5, 5.41) is 0. The summed E-state index contributed by atoms with van der Waals surface area (Å²) in [5.41, 5.74) is 0. The van der Waals surface area contributed by atoms with E-state index in [-0.39, 0.29) is 5.97 Å². The fourth-order valence-electron chi connectivity index (χ4n) is 2.22. The number of halogens is 1. The minimum Gasteiger partial charge on any atom is -0.466 e. The molecule has 0 radical (unpaired) electrons. The molecule has 0 bridgehead atoms. The highest BCUT2D eigenvalue weighted by atomic mass is 127. The largest absolute Gasteiger partial charge is 0.466 e. The van der Waals surface area contributed by atoms with Crippen LogP contribution in [0.2, 0.25) is 0 Å². The lowest BCUT2D eigenvalue weighted by molar-refractivity contribution is -0.144. The Labute approximate surface area is 99.9 Å². The first kappa shape index (κ1) is 12.3. The van der Waals surface area contributed by atoms with E-state index in [0.717, 1.165) is 9.84 Å². The van der Waals surface area contributed by atoms with Crippen molar-refractivity contribution in [1.82, 2.24) is 0 Å². The van der Waals surface area contributed by atoms with Crippen LogP contribution >= 0.6 is 22.6 Å². The first-order valence-corrected chi connectivity index (χ1v) is 6.69. The Morgan fingerprint density at radius 2 is 2.29 bits per heavy atom. The number of alkyl halides is 1. The lowest BCUT2D eigenvalue weighted by atomic mass is 9.90. The minimum absolute atomic E-state index is 0.0319. The first-order valence-electron chi connectivity index (χ1n) is 5.44. The summed E-state index contributed by atoms with van der Waals surface area (Å²) < 4.78 is 5.73. The van der Waals surface area contributed by atoms with Crippen molar-refractivity contribution in [1.29, 1.82) is 0 Å². The maximum Gasteiger partial charge on any atom is 0.306 e. The molecule has 1 rings (SSSR count). The molecule has 14 heavy (non-hydrogen) atoms. The van der Waals surface area contributed by atoms with Crippen molar-refractivity contribution < 1.29 is 9.53 Å². The maximum atomic E-state index is 11.3. The van der Waals surface area contributed by atoms with Crippen LogP contribution in [0.25, 0.3) is 0 Å². The van der Waals surface area contributed by atoms with E-state index >= 15 is 0 Å². The Hall–Kier alpha value is 0.200. The highest BCUT2D eigenvalue weighted by Gasteiger charge is 2.30. The van der Waals surface area contributed by atoms with Crippen molar-refractivity contribution in [3.63, 3.8) is 0 Å². The quantitative estimate of drug-likeness (QED) is 0.453. The van der Waals surface area contributed by atoms with Crippen LogP contribution in [0.5, 0.6) is 0 Å². The number of esters is 1. The van der Waals surface area contributed by atoms with Crippen LogP contribution in [0.15, 0.2) is 0 Å². The van der Waals surface area contributed by atoms with Gasteiger partial charge in [-0.25, -0.2) is 0 Å². The molecule has 0 aromatic rings. The minimum atomic E-state index is -0.0319. The zero-order valence-corrected chi connectivity index (χ0v) is 11.1. The molecule has 0 aromatic carbocycles. The zero-order valence-electron chi connectivity index (χ0n) is 8.96. The van der Waals surface area contributed by atoms with Crippen LogP contribution in [-0.4, -0.2) is 16.5 Å². The molecule has 1 aliphatic rings. The van der Waals surface area contributed by atoms with Gasteiger partial charge in [0.2, 0.25) is 0 Å². The van der Waals surface area contributed by atoms with Crippen molar-refractivity contribution >= 4 is 28.6 Å². The Bertz CT molecular complexity index is 194. The van der Waals surface area contributed by atoms with Gasteiger partial charge in [-0.15, -0.1) is 0 Å². The van der Waals surface area contributed by atoms with Gasteiger partial charge >= 0.3 is 5.97 Å². The SMILES string of the molecule is CCOC(=O)CC(C)C1CCCC1I. The van der Waals surface area contributed by atoms with E-state index in [4.69, 9.17) is 4.74 Å². The van der Waals surface area contributed by atoms with Gasteiger partial charge in [0.05, 0.1) is 6.61 Å². The Kier molecular flexibility index (Phi) is 5.20. The standard InChI is InChI=1S/C11H19IO2/c1-3-14-11(13)7-8(2)9-5-4-6-10(9)12/h8-10H,3-7H2,1-2H3. The monoisotopic (exact) mass is 310 g/mol. The van der Waals surface area contributed by atoms with E-state index in [1.165, 1.54) is 19.3 Å². The molecular weight excluding hydrogens is 291 g/mol. The molecule has 3 unspecified atom stereocenters. The van der Waals surface area contributed by atoms with E-state index in [1.54, 1.807) is 0 Å². The van der Waals surface area contributed by atoms with Gasteiger partial charge in [0.25, 0.3) is 0 Å². The molecule has 1 aliphatic carbocycles. The number of hydrogen-bond donors (Lipinski definition) is 0. The van der Waals surface area contributed by atoms with Crippen LogP contribution < -0.4 is 0 Å². The Morgan fingerprint density at radius 3 is 2.79 bits per heavy atom. The second kappa shape index (κ2) is 5.93. The molecule has 0 N–H and O–H groups in total. The molecule has 0 spiro atoms. The molecule has 0 amide bonds. The lowest BCUT2D eigenvalue weighted by Crippen LogP contribution is -2.20. The molecule has 0 aliphatic heterocycles. The molecule has 1 saturated carbocycles. The molecule has 0 aromatic heterocycles. The van der Waals surface area contributed by atoms with Gasteiger partial charge in [0, 0.05) is 10.3 Å². The van der Waals surface area contributed by atoms with E-state index < -0.39 is 0 Å². The predicted octanol–water partition coefficient (Wildman–Crippen LogP) is 3.18. The number of carbonyl (C=O) groups is 1. The summed E-state index contributed by atoms with van der Waals surface area (Å²) in [7, 11) is 0. The molecule has 3 heteroatoms. The van der Waals surface area contributed by atoms with Crippen molar-refractivity contribution in [3.05, 3.63) is 0 Å². The highest BCUT2D eigenvalue weighted by molar-refractivity contribution is 14.1. The highest BCUT2D eigenvalue weighted by Crippen LogP contribution is 2.38. The van der Waals surface area contributed by atoms with Crippen molar-refractivity contribution in [2.24, 2.45) is 11.8 Å². The zero-order chi connectivity index (χ0) is 10.6. The summed E-state index contributed by atoms with van der Waals surface area (Å²) in [6.45, 7) is 4.54. The number of hydrogen-bond acceptors (Lipinski definition) is 2. The smallest absolute Gasteiger partial charge is 0.306 e. The fourth-order valence-corrected chi connectivity index (χ4v) is 3.73. The maximum absolute atomic E-state index is 11.3. The van der Waals surface area contributed by atoms with E-state index in [0.29, 0.717) is 18.9 Å². The lowest BCUT2D eigenvalue weighted by Gasteiger charge is -2.21. The predicted molar refractivity (Wildman–Crippen MR) is 65.6 cm³/mol. The fraction of sp³-hybridized carbons (Fsp3) is 0.909. The summed E-state index contributed by atoms with van der Waals surface area (Å²) in [4.78, 5) is 11.3. The third kappa shape index (κ3) is 3.41. The molecule has 1 fully saturated rings. The second-order valence-electron chi connectivity index (χ2n) is 4.10. The number of rotatable bonds is 4. The van der Waals surface area contributed by atoms with Crippen molar-refractivity contribution in [2.75, 3.05) is 6.61 Å². The Morgan fingerprint density at radius 1 is 1.57 bits per heavy atom. The van der Waals surface area contributed by atoms with Gasteiger partial charge in [0.15, 0.2) is 0 Å². The third-order valence-corrected chi connectivity index (χ3v) is 4.55. The van der Waals surface area contributed by atoms with Gasteiger partial charge in [0.1, 0.15) is 0 Å². The molecule has 0 saturated heterocycles. The normalized spacial score (nSPS) is 28.8. The van der Waals surface area contributed by atoms with Crippen LogP contribution in [0.3, 0.4) is 0 Å². The molecular formula is C11H19IO2. The average molecular weight is 310 g/mol. The van der Waals surface area contributed by atoms with Crippen molar-refractivity contribution in [2.45, 2.75) is 43.5 Å². The summed E-state index contributed by atoms with van der Waals surface area (Å²) in [6, 6.07) is 0. The summed E-state index contributed by atoms with van der Waals surface area (Å²) >= 11 is 2.53. The van der Waals surface area contributed by atoms with Crippen molar-refractivity contribution in [3.8, 4) is 0 Å². The first-order chi connectivity index (χ1) is 6.65. The van der Waals surface area contributed by atoms with Gasteiger partial charge in [-0.2, -0.15) is 0 Å². The topological polar surface area (TPSA) is 26.3 Å². The molecule has 0 heterocycles. The summed E-state index contributed by atoms with van der Waals surface area (Å²) in [6.07, 6.45) is 4.52. The van der Waals surface area contributed by atoms with Gasteiger partial charge in [-0.3, -0.25) is 4.79 Å². The molecule has 2 nitrogen and oxygen atoms in total. The summed E-state index contributed by atoms with van der Waals surface area (Å²) in [5.74, 6) is 1.17. The van der Waals surface area contributed by atoms with Crippen LogP contribution in [0, 0.1) is 11.8 Å². The van der Waals surface area contributed by atoms with E-state index in [2.05, 4.69) is 29.5 Å². The van der Waals surface area contributed by atoms with E-state index in [1.807, 2.05) is 6.92 Å². The van der Waals surface area contributed by atoms with E-state index in [9.17, 15) is 4.79 Å². The number of carbonyl (C=O) groups excluding carboxylic acids is 1. The van der Waals surface area contributed by atoms with Crippen LogP contribution in [0.1, 0.15) is 39.5 Å². The van der Waals surface area contributed by atoms with Crippen LogP contribution in [-0.2, 0) is 9.53 Å². The van der Waals surface area contributed by atoms with Gasteiger partial charge in [-0.05, 0) is 31.6 Å². The average Bonchev–Trinajstić information content (AvgIpc) is 2.51. The number of ether oxygens (including phenoxy) is 1. The second-order valence-corrected chi connectivity index (χ2v) is 5.70. The van der Waals surface area contributed by atoms with Crippen LogP contribution in [0.4, 0.5) is 0 Å². The third-order valence-electron chi connectivity index (χ3n) is 3.01. The van der Waals surface area contributed by atoms with Gasteiger partial charge in [-0.1, -0.05) is 35.9 Å².